The first kappa shape index (κ1) is 29.6. The van der Waals surface area contributed by atoms with Gasteiger partial charge in [-0.15, -0.1) is 11.8 Å². The molecule has 0 spiro atoms. The molecule has 0 saturated carbocycles. The summed E-state index contributed by atoms with van der Waals surface area (Å²) in [5.41, 5.74) is 1.50. The van der Waals surface area contributed by atoms with Gasteiger partial charge in [0.2, 0.25) is 11.8 Å². The number of nitrogens with zero attached hydrogens (tertiary/aromatic N) is 5. The predicted molar refractivity (Wildman–Crippen MR) is 167 cm³/mol. The zero-order valence-corrected chi connectivity index (χ0v) is 26.0. The maximum Gasteiger partial charge on any atom is 0.350 e. The van der Waals surface area contributed by atoms with Gasteiger partial charge in [0, 0.05) is 69.8 Å². The van der Waals surface area contributed by atoms with Gasteiger partial charge in [0.05, 0.1) is 17.1 Å². The Morgan fingerprint density at radius 2 is 1.91 bits per heavy atom. The van der Waals surface area contributed by atoms with Gasteiger partial charge in [0.25, 0.3) is 0 Å². The summed E-state index contributed by atoms with van der Waals surface area (Å²) in [4.78, 5) is 35.4. The molecule has 4 aromatic rings. The Morgan fingerprint density at radius 3 is 2.58 bits per heavy atom. The smallest absolute Gasteiger partial charge is 0.350 e. The average Bonchev–Trinajstić information content (AvgIpc) is 3.39. The number of carbonyl (C=O) groups excluding carboxylic acids is 1. The number of thioether (sulfide) groups is 1. The first-order valence-corrected chi connectivity index (χ1v) is 15.9. The van der Waals surface area contributed by atoms with E-state index in [2.05, 4.69) is 15.9 Å². The molecule has 2 aromatic carbocycles. The zero-order valence-electron chi connectivity index (χ0n) is 23.6. The third-order valence-corrected chi connectivity index (χ3v) is 9.88. The number of amides is 1. The standard InChI is InChI=1S/C30H28ClF2N5O3S2/c1-5-25(39)38-16(3)11-36(12-17(38)4)29-20-8-15(2)26(19-9-21(31)23(33)10-22(19)32)28-27(20)37(30(40)34-29)13-18(14-42-28)41-24-6-7-43-35-24/h5-10,16-18H,1,11-14H2,2-4H3/t16-,17+,18-/m0/s1. The fraction of sp³-hybridized carbons (Fsp3) is 0.333. The van der Waals surface area contributed by atoms with Crippen molar-refractivity contribution < 1.29 is 18.3 Å². The maximum absolute atomic E-state index is 15.4. The van der Waals surface area contributed by atoms with E-state index >= 15 is 4.39 Å². The highest BCUT2D eigenvalue weighted by atomic mass is 35.5. The van der Waals surface area contributed by atoms with E-state index in [1.54, 1.807) is 15.5 Å². The van der Waals surface area contributed by atoms with Crippen LogP contribution in [0.4, 0.5) is 14.6 Å². The highest BCUT2D eigenvalue weighted by Crippen LogP contribution is 2.45. The summed E-state index contributed by atoms with van der Waals surface area (Å²) in [6.07, 6.45) is 0.878. The monoisotopic (exact) mass is 643 g/mol. The van der Waals surface area contributed by atoms with Crippen LogP contribution in [0.3, 0.4) is 0 Å². The first-order valence-electron chi connectivity index (χ1n) is 13.7. The summed E-state index contributed by atoms with van der Waals surface area (Å²) in [6, 6.07) is 5.39. The highest BCUT2D eigenvalue weighted by molar-refractivity contribution is 7.99. The molecule has 2 aliphatic rings. The van der Waals surface area contributed by atoms with Crippen molar-refractivity contribution in [2.75, 3.05) is 23.7 Å². The van der Waals surface area contributed by atoms with Crippen LogP contribution in [0.2, 0.25) is 5.02 Å². The summed E-state index contributed by atoms with van der Waals surface area (Å²) in [7, 11) is 0. The molecule has 224 valence electrons. The molecule has 43 heavy (non-hydrogen) atoms. The van der Waals surface area contributed by atoms with E-state index in [0.29, 0.717) is 57.5 Å². The molecule has 0 N–H and O–H groups in total. The van der Waals surface area contributed by atoms with E-state index in [4.69, 9.17) is 16.3 Å². The van der Waals surface area contributed by atoms with Gasteiger partial charge < -0.3 is 14.5 Å². The minimum absolute atomic E-state index is 0.142. The van der Waals surface area contributed by atoms with Crippen molar-refractivity contribution in [3.8, 4) is 17.0 Å². The SMILES string of the molecule is C=CC(=O)N1[C@H](C)CN(c2nc(=O)n3c4c(c(-c5cc(Cl)c(F)cc5F)c(C)cc24)SC[C@@H](Oc2ccsn2)C3)C[C@@H]1C. The van der Waals surface area contributed by atoms with Crippen LogP contribution in [0.1, 0.15) is 19.4 Å². The molecule has 1 amide bonds. The molecule has 0 bridgehead atoms. The van der Waals surface area contributed by atoms with Crippen LogP contribution >= 0.6 is 34.9 Å². The Hall–Kier alpha value is -3.48. The van der Waals surface area contributed by atoms with Crippen molar-refractivity contribution in [1.29, 1.82) is 0 Å². The number of aryl methyl sites for hydroxylation is 1. The summed E-state index contributed by atoms with van der Waals surface area (Å²) in [5.74, 6) is -0.366. The highest BCUT2D eigenvalue weighted by Gasteiger charge is 2.35. The predicted octanol–water partition coefficient (Wildman–Crippen LogP) is 5.92. The summed E-state index contributed by atoms with van der Waals surface area (Å²) >= 11 is 8.82. The van der Waals surface area contributed by atoms with Gasteiger partial charge in [-0.1, -0.05) is 18.2 Å². The van der Waals surface area contributed by atoms with Crippen molar-refractivity contribution in [3.05, 3.63) is 75.0 Å². The number of hydrogen-bond acceptors (Lipinski definition) is 8. The van der Waals surface area contributed by atoms with Crippen molar-refractivity contribution in [1.82, 2.24) is 18.8 Å². The Kier molecular flexibility index (Phi) is 7.95. The van der Waals surface area contributed by atoms with E-state index in [-0.39, 0.29) is 35.1 Å². The van der Waals surface area contributed by atoms with Crippen molar-refractivity contribution in [2.45, 2.75) is 50.4 Å². The number of benzene rings is 2. The van der Waals surface area contributed by atoms with E-state index in [1.807, 2.05) is 37.1 Å². The molecule has 3 atom stereocenters. The molecular weight excluding hydrogens is 616 g/mol. The molecule has 0 radical (unpaired) electrons. The van der Waals surface area contributed by atoms with Gasteiger partial charge in [0.15, 0.2) is 0 Å². The Bertz CT molecular complexity index is 1800. The molecule has 4 heterocycles. The van der Waals surface area contributed by atoms with E-state index in [1.165, 1.54) is 35.4 Å². The molecule has 2 aliphatic heterocycles. The Morgan fingerprint density at radius 1 is 1.16 bits per heavy atom. The van der Waals surface area contributed by atoms with Gasteiger partial charge in [-0.05, 0) is 56.1 Å². The fourth-order valence-corrected chi connectivity index (χ4v) is 8.00. The molecule has 0 aliphatic carbocycles. The third kappa shape index (κ3) is 5.29. The molecule has 6 rings (SSSR count). The number of carbonyl (C=O) groups is 1. The quantitative estimate of drug-likeness (QED) is 0.197. The van der Waals surface area contributed by atoms with Crippen molar-refractivity contribution >= 4 is 57.5 Å². The lowest BCUT2D eigenvalue weighted by Crippen LogP contribution is -2.58. The number of ether oxygens (including phenoxy) is 1. The lowest BCUT2D eigenvalue weighted by molar-refractivity contribution is -0.130. The topological polar surface area (TPSA) is 80.6 Å². The number of rotatable bonds is 5. The Labute approximate surface area is 260 Å². The second-order valence-electron chi connectivity index (χ2n) is 10.8. The summed E-state index contributed by atoms with van der Waals surface area (Å²) in [6.45, 7) is 10.5. The number of piperazine rings is 1. The Balaban J connectivity index is 1.55. The van der Waals surface area contributed by atoms with Crippen molar-refractivity contribution in [3.63, 3.8) is 0 Å². The number of hydrogen-bond donors (Lipinski definition) is 0. The van der Waals surface area contributed by atoms with E-state index in [0.717, 1.165) is 6.07 Å². The minimum Gasteiger partial charge on any atom is -0.471 e. The zero-order chi connectivity index (χ0) is 30.6. The van der Waals surface area contributed by atoms with Crippen molar-refractivity contribution in [2.24, 2.45) is 0 Å². The molecule has 0 unspecified atom stereocenters. The van der Waals surface area contributed by atoms with E-state index in [9.17, 15) is 14.0 Å². The largest absolute Gasteiger partial charge is 0.471 e. The van der Waals surface area contributed by atoms with Crippen LogP contribution < -0.4 is 15.3 Å². The van der Waals surface area contributed by atoms with Gasteiger partial charge >= 0.3 is 5.69 Å². The van der Waals surface area contributed by atoms with Crippen LogP contribution in [0, 0.1) is 18.6 Å². The second-order valence-corrected chi connectivity index (χ2v) is 12.9. The summed E-state index contributed by atoms with van der Waals surface area (Å²) in [5, 5.41) is 2.32. The van der Waals surface area contributed by atoms with Crippen LogP contribution in [-0.2, 0) is 11.3 Å². The van der Waals surface area contributed by atoms with Gasteiger partial charge in [0.1, 0.15) is 23.6 Å². The first-order chi connectivity index (χ1) is 20.6. The molecule has 2 aromatic heterocycles. The number of halogens is 3. The number of aromatic nitrogens is 3. The van der Waals surface area contributed by atoms with Crippen LogP contribution in [0.5, 0.6) is 5.88 Å². The minimum atomic E-state index is -0.850. The molecule has 13 heteroatoms. The molecule has 8 nitrogen and oxygen atoms in total. The summed E-state index contributed by atoms with van der Waals surface area (Å²) < 4.78 is 41.5. The van der Waals surface area contributed by atoms with E-state index < -0.39 is 23.4 Å². The maximum atomic E-state index is 15.4. The third-order valence-electron chi connectivity index (χ3n) is 7.82. The average molecular weight is 644 g/mol. The normalized spacial score (nSPS) is 20.3. The van der Waals surface area contributed by atoms with Gasteiger partial charge in [-0.2, -0.15) is 9.36 Å². The number of anilines is 1. The molecule has 1 saturated heterocycles. The van der Waals surface area contributed by atoms with Gasteiger partial charge in [-0.3, -0.25) is 9.36 Å². The van der Waals surface area contributed by atoms with Gasteiger partial charge in [-0.25, -0.2) is 13.6 Å². The van der Waals surface area contributed by atoms with Crippen LogP contribution in [0.25, 0.3) is 22.0 Å². The molecular formula is C30H28ClF2N5O3S2. The molecule has 1 fully saturated rings. The lowest BCUT2D eigenvalue weighted by atomic mass is 9.97. The van der Waals surface area contributed by atoms with Crippen LogP contribution in [0.15, 0.2) is 52.0 Å². The fourth-order valence-electron chi connectivity index (χ4n) is 6.09. The lowest BCUT2D eigenvalue weighted by Gasteiger charge is -2.44. The second kappa shape index (κ2) is 11.5. The van der Waals surface area contributed by atoms with Crippen LogP contribution in [-0.4, -0.2) is 61.8 Å².